The highest BCUT2D eigenvalue weighted by Gasteiger charge is 2.32. The van der Waals surface area contributed by atoms with E-state index in [0.29, 0.717) is 12.2 Å². The van der Waals surface area contributed by atoms with Crippen LogP contribution < -0.4 is 4.74 Å². The molecule has 3 rings (SSSR count). The molecule has 0 radical (unpaired) electrons. The van der Waals surface area contributed by atoms with Crippen LogP contribution in [0.3, 0.4) is 0 Å². The fourth-order valence-corrected chi connectivity index (χ4v) is 3.29. The first-order valence-corrected chi connectivity index (χ1v) is 8.13. The van der Waals surface area contributed by atoms with E-state index in [-0.39, 0.29) is 11.9 Å². The average molecular weight is 313 g/mol. The maximum Gasteiger partial charge on any atom is 0.272 e. The molecule has 2 aromatic rings. The number of rotatable bonds is 4. The molecular formula is C18H23N3O2. The average Bonchev–Trinajstić information content (AvgIpc) is 3.20. The van der Waals surface area contributed by atoms with Gasteiger partial charge in [-0.2, -0.15) is 5.10 Å². The minimum Gasteiger partial charge on any atom is -0.497 e. The molecule has 0 N–H and O–H groups in total. The van der Waals surface area contributed by atoms with E-state index < -0.39 is 0 Å². The first-order chi connectivity index (χ1) is 11.1. The van der Waals surface area contributed by atoms with Gasteiger partial charge in [-0.05, 0) is 50.5 Å². The molecule has 0 unspecified atom stereocenters. The van der Waals surface area contributed by atoms with Crippen LogP contribution >= 0.6 is 0 Å². The van der Waals surface area contributed by atoms with Crippen molar-refractivity contribution in [3.05, 3.63) is 47.3 Å². The number of nitrogens with zero attached hydrogens (tertiary/aromatic N) is 3. The van der Waals surface area contributed by atoms with Crippen molar-refractivity contribution in [2.75, 3.05) is 13.7 Å². The van der Waals surface area contributed by atoms with Crippen LogP contribution in [0.25, 0.3) is 0 Å². The number of hydrogen-bond donors (Lipinski definition) is 0. The number of likely N-dealkylation sites (tertiary alicyclic amines) is 1. The molecule has 5 nitrogen and oxygen atoms in total. The molecule has 1 atom stereocenters. The summed E-state index contributed by atoms with van der Waals surface area (Å²) in [6, 6.07) is 10.0. The van der Waals surface area contributed by atoms with Gasteiger partial charge in [0.15, 0.2) is 0 Å². The number of benzene rings is 1. The Labute approximate surface area is 136 Å². The number of aromatic nitrogens is 2. The molecule has 0 aliphatic carbocycles. The Kier molecular flexibility index (Phi) is 4.37. The zero-order chi connectivity index (χ0) is 16.4. The molecule has 2 heterocycles. The molecule has 1 aliphatic heterocycles. The summed E-state index contributed by atoms with van der Waals surface area (Å²) in [5.74, 6) is 0.912. The lowest BCUT2D eigenvalue weighted by Crippen LogP contribution is -2.32. The predicted octanol–water partition coefficient (Wildman–Crippen LogP) is 3.20. The summed E-state index contributed by atoms with van der Waals surface area (Å²) in [6.45, 7) is 5.43. The molecule has 0 bridgehead atoms. The Balaban J connectivity index is 1.86. The van der Waals surface area contributed by atoms with Crippen molar-refractivity contribution >= 4 is 5.91 Å². The van der Waals surface area contributed by atoms with Gasteiger partial charge in [-0.3, -0.25) is 9.48 Å². The molecule has 1 saturated heterocycles. The first-order valence-electron chi connectivity index (χ1n) is 8.13. The summed E-state index contributed by atoms with van der Waals surface area (Å²) in [5, 5.41) is 4.39. The van der Waals surface area contributed by atoms with E-state index in [1.165, 1.54) is 0 Å². The van der Waals surface area contributed by atoms with Crippen LogP contribution in [0.5, 0.6) is 5.75 Å². The third kappa shape index (κ3) is 2.96. The summed E-state index contributed by atoms with van der Waals surface area (Å²) >= 11 is 0. The Morgan fingerprint density at radius 2 is 2.09 bits per heavy atom. The fourth-order valence-electron chi connectivity index (χ4n) is 3.29. The Bertz CT molecular complexity index is 691. The second-order valence-electron chi connectivity index (χ2n) is 5.92. The summed E-state index contributed by atoms with van der Waals surface area (Å²) in [6.07, 6.45) is 2.03. The van der Waals surface area contributed by atoms with Gasteiger partial charge in [0.05, 0.1) is 18.8 Å². The lowest BCUT2D eigenvalue weighted by molar-refractivity contribution is 0.0723. The van der Waals surface area contributed by atoms with Gasteiger partial charge >= 0.3 is 0 Å². The van der Waals surface area contributed by atoms with E-state index >= 15 is 0 Å². The molecule has 1 aliphatic rings. The van der Waals surface area contributed by atoms with Crippen molar-refractivity contribution in [1.29, 1.82) is 0 Å². The minimum absolute atomic E-state index is 0.0748. The summed E-state index contributed by atoms with van der Waals surface area (Å²) < 4.78 is 7.01. The maximum absolute atomic E-state index is 13.0. The van der Waals surface area contributed by atoms with E-state index in [1.54, 1.807) is 11.8 Å². The van der Waals surface area contributed by atoms with Crippen molar-refractivity contribution in [2.45, 2.75) is 39.3 Å². The minimum atomic E-state index is 0.0748. The molecule has 0 spiro atoms. The molecule has 1 aromatic heterocycles. The largest absolute Gasteiger partial charge is 0.497 e. The molecular weight excluding hydrogens is 290 g/mol. The zero-order valence-corrected chi connectivity index (χ0v) is 14.0. The van der Waals surface area contributed by atoms with Crippen molar-refractivity contribution in [1.82, 2.24) is 14.7 Å². The quantitative estimate of drug-likeness (QED) is 0.871. The molecule has 0 saturated carbocycles. The molecule has 23 heavy (non-hydrogen) atoms. The lowest BCUT2D eigenvalue weighted by atomic mass is 10.0. The first kappa shape index (κ1) is 15.6. The molecule has 1 amide bonds. The molecule has 5 heteroatoms. The van der Waals surface area contributed by atoms with Gasteiger partial charge in [0.2, 0.25) is 0 Å². The van der Waals surface area contributed by atoms with Crippen molar-refractivity contribution in [3.8, 4) is 5.75 Å². The van der Waals surface area contributed by atoms with Gasteiger partial charge in [0.1, 0.15) is 11.4 Å². The topological polar surface area (TPSA) is 47.4 Å². The summed E-state index contributed by atoms with van der Waals surface area (Å²) in [7, 11) is 1.66. The number of carbonyl (C=O) groups is 1. The highest BCUT2D eigenvalue weighted by Crippen LogP contribution is 2.34. The van der Waals surface area contributed by atoms with Crippen molar-refractivity contribution in [2.24, 2.45) is 0 Å². The second-order valence-corrected chi connectivity index (χ2v) is 5.92. The predicted molar refractivity (Wildman–Crippen MR) is 88.6 cm³/mol. The third-order valence-corrected chi connectivity index (χ3v) is 4.44. The van der Waals surface area contributed by atoms with Crippen LogP contribution in [-0.2, 0) is 6.54 Å². The van der Waals surface area contributed by atoms with E-state index in [1.807, 2.05) is 36.9 Å². The fraction of sp³-hybridized carbons (Fsp3) is 0.444. The number of methoxy groups -OCH3 is 1. The van der Waals surface area contributed by atoms with E-state index in [0.717, 1.165) is 36.4 Å². The van der Waals surface area contributed by atoms with Crippen LogP contribution in [0, 0.1) is 6.92 Å². The van der Waals surface area contributed by atoms with E-state index in [9.17, 15) is 4.79 Å². The van der Waals surface area contributed by atoms with Crippen LogP contribution in [0.1, 0.15) is 47.6 Å². The van der Waals surface area contributed by atoms with E-state index in [4.69, 9.17) is 4.74 Å². The van der Waals surface area contributed by atoms with Crippen molar-refractivity contribution in [3.63, 3.8) is 0 Å². The Hall–Kier alpha value is -2.30. The summed E-state index contributed by atoms with van der Waals surface area (Å²) in [4.78, 5) is 15.0. The zero-order valence-electron chi connectivity index (χ0n) is 14.0. The summed E-state index contributed by atoms with van der Waals surface area (Å²) in [5.41, 5.74) is 2.73. The number of hydrogen-bond acceptors (Lipinski definition) is 3. The van der Waals surface area contributed by atoms with Crippen molar-refractivity contribution < 1.29 is 9.53 Å². The Morgan fingerprint density at radius 3 is 2.74 bits per heavy atom. The maximum atomic E-state index is 13.0. The number of amides is 1. The molecule has 122 valence electrons. The number of ether oxygens (including phenoxy) is 1. The number of aryl methyl sites for hydroxylation is 2. The van der Waals surface area contributed by atoms with Gasteiger partial charge in [0, 0.05) is 13.1 Å². The van der Waals surface area contributed by atoms with Gasteiger partial charge in [-0.1, -0.05) is 12.1 Å². The van der Waals surface area contributed by atoms with Crippen LogP contribution in [-0.4, -0.2) is 34.2 Å². The lowest BCUT2D eigenvalue weighted by Gasteiger charge is -2.25. The normalized spacial score (nSPS) is 17.5. The third-order valence-electron chi connectivity index (χ3n) is 4.44. The van der Waals surface area contributed by atoms with Crippen LogP contribution in [0.15, 0.2) is 30.3 Å². The van der Waals surface area contributed by atoms with Gasteiger partial charge in [0.25, 0.3) is 5.91 Å². The van der Waals surface area contributed by atoms with Crippen LogP contribution in [0.2, 0.25) is 0 Å². The van der Waals surface area contributed by atoms with Gasteiger partial charge in [-0.25, -0.2) is 0 Å². The van der Waals surface area contributed by atoms with Crippen LogP contribution in [0.4, 0.5) is 0 Å². The number of carbonyl (C=O) groups excluding carboxylic acids is 1. The Morgan fingerprint density at radius 1 is 1.35 bits per heavy atom. The highest BCUT2D eigenvalue weighted by atomic mass is 16.5. The van der Waals surface area contributed by atoms with E-state index in [2.05, 4.69) is 17.2 Å². The molecule has 1 aromatic carbocycles. The standard InChI is InChI=1S/C18H23N3O2/c1-4-21-17(12-13(2)19-21)18(22)20-11-5-6-16(20)14-7-9-15(23-3)10-8-14/h7-10,12,16H,4-6,11H2,1-3H3/t16-/m0/s1. The monoisotopic (exact) mass is 313 g/mol. The van der Waals surface area contributed by atoms with Gasteiger partial charge in [-0.15, -0.1) is 0 Å². The van der Waals surface area contributed by atoms with Gasteiger partial charge < -0.3 is 9.64 Å². The second kappa shape index (κ2) is 6.44. The SMILES string of the molecule is CCn1nc(C)cc1C(=O)N1CCC[C@H]1c1ccc(OC)cc1. The highest BCUT2D eigenvalue weighted by molar-refractivity contribution is 5.93. The molecule has 1 fully saturated rings. The smallest absolute Gasteiger partial charge is 0.272 e.